The first kappa shape index (κ1) is 24.9. The average molecular weight is 504 g/mol. The van der Waals surface area contributed by atoms with E-state index in [1.807, 2.05) is 4.90 Å². The molecule has 2 heterocycles. The largest absolute Gasteiger partial charge is 0.377 e. The highest BCUT2D eigenvalue weighted by atomic mass is 32.2. The molecule has 0 saturated carbocycles. The molecule has 0 radical (unpaired) electrons. The second-order valence-corrected chi connectivity index (χ2v) is 10.5. The number of nitrogens with zero attached hydrogens (tertiary/aromatic N) is 3. The molecule has 2 aliphatic heterocycles. The zero-order valence-corrected chi connectivity index (χ0v) is 20.3. The molecule has 0 unspecified atom stereocenters. The molecular formula is C23H29N5O6S. The van der Waals surface area contributed by atoms with Crippen LogP contribution in [0, 0.1) is 10.1 Å². The number of amides is 1. The maximum atomic E-state index is 13.1. The van der Waals surface area contributed by atoms with E-state index in [9.17, 15) is 23.3 Å². The summed E-state index contributed by atoms with van der Waals surface area (Å²) >= 11 is 0. The summed E-state index contributed by atoms with van der Waals surface area (Å²) in [5, 5.41) is 17.3. The minimum Gasteiger partial charge on any atom is -0.377 e. The summed E-state index contributed by atoms with van der Waals surface area (Å²) < 4.78 is 33.2. The van der Waals surface area contributed by atoms with Crippen LogP contribution in [0.3, 0.4) is 0 Å². The first-order chi connectivity index (χ1) is 16.7. The lowest BCUT2D eigenvalue weighted by Crippen LogP contribution is -2.48. The van der Waals surface area contributed by atoms with Crippen molar-refractivity contribution in [3.8, 4) is 0 Å². The maximum absolute atomic E-state index is 13.1. The minimum absolute atomic E-state index is 0.00401. The van der Waals surface area contributed by atoms with Gasteiger partial charge in [0, 0.05) is 63.7 Å². The van der Waals surface area contributed by atoms with E-state index in [0.29, 0.717) is 37.6 Å². The van der Waals surface area contributed by atoms with Crippen LogP contribution in [0.4, 0.5) is 22.7 Å². The Labute approximate surface area is 204 Å². The number of sulfonamides is 1. The van der Waals surface area contributed by atoms with Crippen molar-refractivity contribution >= 4 is 38.7 Å². The van der Waals surface area contributed by atoms with Crippen LogP contribution in [0.5, 0.6) is 0 Å². The number of hydrogen-bond donors (Lipinski definition) is 2. The van der Waals surface area contributed by atoms with Gasteiger partial charge < -0.3 is 20.3 Å². The Morgan fingerprint density at radius 2 is 1.86 bits per heavy atom. The van der Waals surface area contributed by atoms with Crippen molar-refractivity contribution < 1.29 is 22.9 Å². The topological polar surface area (TPSA) is 134 Å². The molecule has 2 aromatic carbocycles. The number of rotatable bonds is 8. The minimum atomic E-state index is -3.68. The summed E-state index contributed by atoms with van der Waals surface area (Å²) in [6, 6.07) is 11.0. The molecule has 0 aliphatic carbocycles. The van der Waals surface area contributed by atoms with E-state index in [4.69, 9.17) is 4.74 Å². The van der Waals surface area contributed by atoms with Crippen LogP contribution >= 0.6 is 0 Å². The molecule has 12 heteroatoms. The smallest absolute Gasteiger partial charge is 0.292 e. The predicted octanol–water partition coefficient (Wildman–Crippen LogP) is 2.66. The second kappa shape index (κ2) is 10.6. The van der Waals surface area contributed by atoms with E-state index in [-0.39, 0.29) is 35.7 Å². The molecule has 0 spiro atoms. The third-order valence-electron chi connectivity index (χ3n) is 6.14. The molecule has 2 aliphatic rings. The highest BCUT2D eigenvalue weighted by Gasteiger charge is 2.29. The fraction of sp³-hybridized carbons (Fsp3) is 0.435. The van der Waals surface area contributed by atoms with Crippen LogP contribution in [-0.4, -0.2) is 69.0 Å². The molecular weight excluding hydrogens is 474 g/mol. The quantitative estimate of drug-likeness (QED) is 0.415. The van der Waals surface area contributed by atoms with E-state index in [1.54, 1.807) is 24.3 Å². The lowest BCUT2D eigenvalue weighted by atomic mass is 10.2. The molecule has 2 fully saturated rings. The van der Waals surface area contributed by atoms with Gasteiger partial charge in [0.05, 0.1) is 15.9 Å². The van der Waals surface area contributed by atoms with Gasteiger partial charge in [0.25, 0.3) is 5.69 Å². The number of anilines is 3. The Kier molecular flexibility index (Phi) is 7.53. The van der Waals surface area contributed by atoms with Crippen molar-refractivity contribution in [1.29, 1.82) is 0 Å². The lowest BCUT2D eigenvalue weighted by Gasteiger charge is -2.35. The Morgan fingerprint density at radius 1 is 1.14 bits per heavy atom. The van der Waals surface area contributed by atoms with Crippen molar-refractivity contribution in [3.63, 3.8) is 0 Å². The Bertz CT molecular complexity index is 1170. The number of benzene rings is 2. The first-order valence-corrected chi connectivity index (χ1v) is 12.9. The number of nitro groups is 1. The molecule has 4 rings (SSSR count). The summed E-state index contributed by atoms with van der Waals surface area (Å²) in [5.74, 6) is -0.229. The van der Waals surface area contributed by atoms with Crippen molar-refractivity contribution in [2.75, 3.05) is 54.9 Å². The first-order valence-electron chi connectivity index (χ1n) is 11.5. The van der Waals surface area contributed by atoms with Crippen LogP contribution in [0.1, 0.15) is 19.8 Å². The van der Waals surface area contributed by atoms with Gasteiger partial charge in [0.2, 0.25) is 15.9 Å². The summed E-state index contributed by atoms with van der Waals surface area (Å²) in [4.78, 5) is 24.4. The van der Waals surface area contributed by atoms with Gasteiger partial charge in [-0.15, -0.1) is 0 Å². The number of carbonyl (C=O) groups excluding carboxylic acids is 1. The molecule has 2 saturated heterocycles. The fourth-order valence-corrected chi connectivity index (χ4v) is 5.72. The van der Waals surface area contributed by atoms with E-state index in [0.717, 1.165) is 18.5 Å². The van der Waals surface area contributed by atoms with Gasteiger partial charge in [-0.1, -0.05) is 0 Å². The van der Waals surface area contributed by atoms with Crippen LogP contribution in [-0.2, 0) is 19.6 Å². The van der Waals surface area contributed by atoms with Gasteiger partial charge in [-0.2, -0.15) is 4.31 Å². The number of hydrogen-bond acceptors (Lipinski definition) is 8. The summed E-state index contributed by atoms with van der Waals surface area (Å²) in [6.45, 7) is 4.06. The number of nitrogens with one attached hydrogen (secondary N) is 2. The normalized spacial score (nSPS) is 18.9. The number of nitro benzene ring substituents is 1. The number of carbonyl (C=O) groups is 1. The van der Waals surface area contributed by atoms with Gasteiger partial charge in [-0.3, -0.25) is 14.9 Å². The monoisotopic (exact) mass is 503 g/mol. The molecule has 35 heavy (non-hydrogen) atoms. The van der Waals surface area contributed by atoms with Crippen LogP contribution in [0.2, 0.25) is 0 Å². The van der Waals surface area contributed by atoms with E-state index in [2.05, 4.69) is 10.6 Å². The summed E-state index contributed by atoms with van der Waals surface area (Å²) in [7, 11) is -3.68. The van der Waals surface area contributed by atoms with Gasteiger partial charge in [-0.05, 0) is 49.2 Å². The maximum Gasteiger partial charge on any atom is 0.292 e. The van der Waals surface area contributed by atoms with Crippen molar-refractivity contribution in [2.45, 2.75) is 30.8 Å². The summed E-state index contributed by atoms with van der Waals surface area (Å²) in [6.07, 6.45) is 1.95. The molecule has 1 amide bonds. The summed E-state index contributed by atoms with van der Waals surface area (Å²) in [5.41, 5.74) is 1.75. The molecule has 0 bridgehead atoms. The fourth-order valence-electron chi connectivity index (χ4n) is 4.30. The Morgan fingerprint density at radius 3 is 2.46 bits per heavy atom. The number of piperazine rings is 1. The van der Waals surface area contributed by atoms with Crippen LogP contribution < -0.4 is 15.5 Å². The SMILES string of the molecule is CC(=O)Nc1ccc(S(=O)(=O)N2CCN(c3ccc([N+](=O)[O-])c(NC[C@@H]4CCCO4)c3)CC2)cc1. The molecule has 11 nitrogen and oxygen atoms in total. The lowest BCUT2D eigenvalue weighted by molar-refractivity contribution is -0.384. The standard InChI is InChI=1S/C23H29N5O6S/c1-17(29)25-18-4-7-21(8-5-18)35(32,33)27-12-10-26(11-13-27)19-6-9-23(28(30)31)22(15-19)24-16-20-3-2-14-34-20/h4-9,15,20,24H,2-3,10-14,16H2,1H3,(H,25,29)/t20-/m0/s1. The zero-order chi connectivity index (χ0) is 25.0. The van der Waals surface area contributed by atoms with Crippen molar-refractivity contribution in [1.82, 2.24) is 4.31 Å². The van der Waals surface area contributed by atoms with Gasteiger partial charge in [0.1, 0.15) is 5.69 Å². The molecule has 0 aromatic heterocycles. The van der Waals surface area contributed by atoms with Gasteiger partial charge >= 0.3 is 0 Å². The van der Waals surface area contributed by atoms with Crippen LogP contribution in [0.25, 0.3) is 0 Å². The Hall–Kier alpha value is -3.22. The Balaban J connectivity index is 1.42. The van der Waals surface area contributed by atoms with Gasteiger partial charge in [-0.25, -0.2) is 8.42 Å². The van der Waals surface area contributed by atoms with E-state index >= 15 is 0 Å². The second-order valence-electron chi connectivity index (χ2n) is 8.57. The third kappa shape index (κ3) is 5.89. The third-order valence-corrected chi connectivity index (χ3v) is 8.05. The zero-order valence-electron chi connectivity index (χ0n) is 19.5. The average Bonchev–Trinajstić information content (AvgIpc) is 3.36. The van der Waals surface area contributed by atoms with Crippen molar-refractivity contribution in [2.24, 2.45) is 0 Å². The molecule has 1 atom stereocenters. The molecule has 2 N–H and O–H groups in total. The highest BCUT2D eigenvalue weighted by molar-refractivity contribution is 7.89. The van der Waals surface area contributed by atoms with Gasteiger partial charge in [0.15, 0.2) is 0 Å². The highest BCUT2D eigenvalue weighted by Crippen LogP contribution is 2.31. The van der Waals surface area contributed by atoms with Crippen molar-refractivity contribution in [3.05, 3.63) is 52.6 Å². The number of ether oxygens (including phenoxy) is 1. The van der Waals surface area contributed by atoms with Crippen LogP contribution in [0.15, 0.2) is 47.4 Å². The van der Waals surface area contributed by atoms with E-state index < -0.39 is 14.9 Å². The molecule has 2 aromatic rings. The predicted molar refractivity (Wildman–Crippen MR) is 132 cm³/mol. The van der Waals surface area contributed by atoms with E-state index in [1.165, 1.54) is 29.4 Å². The molecule has 188 valence electrons.